The molecule has 8 rings (SSSR count). The maximum absolute atomic E-state index is 15.1. The number of ether oxygens (including phenoxy) is 1. The van der Waals surface area contributed by atoms with Gasteiger partial charge in [-0.05, 0) is 142 Å². The van der Waals surface area contributed by atoms with Crippen LogP contribution in [0.5, 0.6) is 0 Å². The van der Waals surface area contributed by atoms with Crippen molar-refractivity contribution in [2.75, 3.05) is 6.54 Å². The zero-order chi connectivity index (χ0) is 37.6. The van der Waals surface area contributed by atoms with Gasteiger partial charge in [0, 0.05) is 6.54 Å². The number of aliphatic carboxylic acids is 1. The minimum Gasteiger partial charge on any atom is -0.481 e. The third kappa shape index (κ3) is 5.56. The molecule has 8 heteroatoms. The molecule has 8 nitrogen and oxygen atoms in total. The molecule has 4 unspecified atom stereocenters. The smallest absolute Gasteiger partial charge is 0.309 e. The molecule has 1 saturated heterocycles. The van der Waals surface area contributed by atoms with Gasteiger partial charge in [0.05, 0.1) is 35.2 Å². The molecule has 5 aliphatic carbocycles. The molecule has 2 N–H and O–H groups in total. The second kappa shape index (κ2) is 13.0. The number of likely N-dealkylation sites (tertiary alicyclic amines) is 1. The summed E-state index contributed by atoms with van der Waals surface area (Å²) in [4.78, 5) is 50.5. The average molecular weight is 726 g/mol. The van der Waals surface area contributed by atoms with E-state index < -0.39 is 11.4 Å². The highest BCUT2D eigenvalue weighted by atomic mass is 16.5. The molecule has 1 aromatic heterocycles. The van der Waals surface area contributed by atoms with Crippen molar-refractivity contribution < 1.29 is 24.2 Å². The second-order valence-corrected chi connectivity index (χ2v) is 19.9. The summed E-state index contributed by atoms with van der Waals surface area (Å²) in [5, 5.41) is 9.57. The number of carboxylic acids is 1. The van der Waals surface area contributed by atoms with Crippen molar-refractivity contribution in [3.8, 4) is 11.3 Å². The summed E-state index contributed by atoms with van der Waals surface area (Å²) in [5.74, 6) is 2.33. The van der Waals surface area contributed by atoms with Crippen LogP contribution in [-0.2, 0) is 19.1 Å². The minimum absolute atomic E-state index is 0.0208. The maximum Gasteiger partial charge on any atom is 0.309 e. The van der Waals surface area contributed by atoms with Crippen molar-refractivity contribution >= 4 is 17.8 Å². The Labute approximate surface area is 316 Å². The molecule has 1 aromatic carbocycles. The Balaban J connectivity index is 0.998. The zero-order valence-electron chi connectivity index (χ0n) is 33.1. The number of H-pyrrole nitrogens is 1. The SMILES string of the molecule is CC1C2CC[C@]3(C)C(CC[C@@H]4C5CCC[C@]5(C(=O)N5CCC[C@H]5c5ncc(-c6ccccc6)[nH]5)CC[C@]43C)[C@@]2(C)CC[C@@H]1OC(=O)CC(C)(C)C(=O)O. The van der Waals surface area contributed by atoms with Crippen LogP contribution < -0.4 is 0 Å². The van der Waals surface area contributed by atoms with E-state index in [1.807, 2.05) is 12.3 Å². The molecule has 6 aliphatic rings. The van der Waals surface area contributed by atoms with E-state index in [4.69, 9.17) is 9.72 Å². The molecule has 0 spiro atoms. The van der Waals surface area contributed by atoms with Gasteiger partial charge < -0.3 is 19.7 Å². The summed E-state index contributed by atoms with van der Waals surface area (Å²) in [5.41, 5.74) is 1.32. The number of aromatic amines is 1. The first kappa shape index (κ1) is 36.8. The van der Waals surface area contributed by atoms with E-state index in [-0.39, 0.29) is 52.1 Å². The Bertz CT molecular complexity index is 1740. The van der Waals surface area contributed by atoms with Crippen LogP contribution in [0.3, 0.4) is 0 Å². The lowest BCUT2D eigenvalue weighted by atomic mass is 9.33. The fourth-order valence-corrected chi connectivity index (χ4v) is 14.2. The lowest BCUT2D eigenvalue weighted by Gasteiger charge is -2.71. The Morgan fingerprint density at radius 2 is 1.66 bits per heavy atom. The number of carbonyl (C=O) groups is 3. The van der Waals surface area contributed by atoms with Crippen LogP contribution >= 0.6 is 0 Å². The summed E-state index contributed by atoms with van der Waals surface area (Å²) >= 11 is 0. The number of amides is 1. The van der Waals surface area contributed by atoms with Crippen molar-refractivity contribution in [2.24, 2.45) is 56.7 Å². The van der Waals surface area contributed by atoms with Gasteiger partial charge in [-0.1, -0.05) is 64.4 Å². The number of imidazole rings is 1. The highest BCUT2D eigenvalue weighted by Gasteiger charge is 2.70. The number of aromatic nitrogens is 2. The number of hydrogen-bond acceptors (Lipinski definition) is 5. The fraction of sp³-hybridized carbons (Fsp3) is 0.733. The highest BCUT2D eigenvalue weighted by Crippen LogP contribution is 2.76. The standard InChI is InChI=1S/C45H63N3O5/c1-28-30-18-22-44(6)36(42(30,4)21-19-35(28)53-37(49)26-41(2,3)40(51)52)17-16-31-32-14-10-20-45(32,24-23-43(31,44)5)39(50)48-25-11-15-34(48)38-46-27-33(47-38)29-12-8-7-9-13-29/h7-9,12-13,27-28,30-32,34-36H,10-11,14-26H2,1-6H3,(H,46,47)(H,51,52)/t28?,30?,31-,32?,34+,35+,36?,42+,43-,44-,45+/m1/s1. The number of carbonyl (C=O) groups excluding carboxylic acids is 2. The molecule has 0 bridgehead atoms. The number of rotatable bonds is 7. The van der Waals surface area contributed by atoms with Gasteiger partial charge in [0.25, 0.3) is 0 Å². The van der Waals surface area contributed by atoms with Crippen LogP contribution in [0.15, 0.2) is 36.5 Å². The first-order chi connectivity index (χ1) is 25.1. The molecule has 1 aliphatic heterocycles. The normalized spacial score (nSPS) is 40.8. The van der Waals surface area contributed by atoms with Crippen molar-refractivity contribution in [3.63, 3.8) is 0 Å². The van der Waals surface area contributed by atoms with E-state index in [9.17, 15) is 14.7 Å². The van der Waals surface area contributed by atoms with E-state index in [0.717, 1.165) is 81.4 Å². The fourth-order valence-electron chi connectivity index (χ4n) is 14.2. The van der Waals surface area contributed by atoms with Crippen molar-refractivity contribution in [1.82, 2.24) is 14.9 Å². The highest BCUT2D eigenvalue weighted by molar-refractivity contribution is 5.84. The van der Waals surface area contributed by atoms with Gasteiger partial charge in [0.2, 0.25) is 5.91 Å². The molecule has 11 atom stereocenters. The number of esters is 1. The first-order valence-corrected chi connectivity index (χ1v) is 21.0. The van der Waals surface area contributed by atoms with E-state index in [1.54, 1.807) is 13.8 Å². The molecule has 288 valence electrons. The topological polar surface area (TPSA) is 113 Å². The quantitative estimate of drug-likeness (QED) is 0.275. The molecule has 2 heterocycles. The monoisotopic (exact) mass is 725 g/mol. The predicted octanol–water partition coefficient (Wildman–Crippen LogP) is 9.62. The zero-order valence-corrected chi connectivity index (χ0v) is 33.1. The Morgan fingerprint density at radius 3 is 2.42 bits per heavy atom. The van der Waals surface area contributed by atoms with Gasteiger partial charge in [0.15, 0.2) is 0 Å². The first-order valence-electron chi connectivity index (χ1n) is 21.0. The molecule has 6 fully saturated rings. The lowest BCUT2D eigenvalue weighted by molar-refractivity contribution is -0.235. The van der Waals surface area contributed by atoms with Crippen LogP contribution in [0.4, 0.5) is 0 Å². The van der Waals surface area contributed by atoms with Gasteiger partial charge in [-0.25, -0.2) is 4.98 Å². The summed E-state index contributed by atoms with van der Waals surface area (Å²) in [6.07, 6.45) is 15.8. The van der Waals surface area contributed by atoms with Crippen LogP contribution in [0.1, 0.15) is 143 Å². The third-order valence-electron chi connectivity index (χ3n) is 17.3. The van der Waals surface area contributed by atoms with Crippen molar-refractivity contribution in [3.05, 3.63) is 42.4 Å². The van der Waals surface area contributed by atoms with E-state index in [0.29, 0.717) is 29.6 Å². The van der Waals surface area contributed by atoms with Crippen molar-refractivity contribution in [1.29, 1.82) is 0 Å². The van der Waals surface area contributed by atoms with E-state index in [2.05, 4.69) is 61.8 Å². The summed E-state index contributed by atoms with van der Waals surface area (Å²) < 4.78 is 6.09. The molecule has 53 heavy (non-hydrogen) atoms. The molecular weight excluding hydrogens is 663 g/mol. The molecule has 0 radical (unpaired) electrons. The van der Waals surface area contributed by atoms with Crippen LogP contribution in [0.2, 0.25) is 0 Å². The van der Waals surface area contributed by atoms with Gasteiger partial charge in [-0.15, -0.1) is 0 Å². The second-order valence-electron chi connectivity index (χ2n) is 19.9. The molecule has 2 aromatic rings. The van der Waals surface area contributed by atoms with Gasteiger partial charge in [-0.2, -0.15) is 0 Å². The molecular formula is C45H63N3O5. The van der Waals surface area contributed by atoms with Crippen LogP contribution in [0.25, 0.3) is 11.3 Å². The Kier molecular flexibility index (Phi) is 9.00. The third-order valence-corrected chi connectivity index (χ3v) is 17.3. The lowest BCUT2D eigenvalue weighted by Crippen LogP contribution is -2.66. The minimum atomic E-state index is -1.13. The molecule has 5 saturated carbocycles. The number of fused-ring (bicyclic) bond motifs is 7. The number of nitrogens with zero attached hydrogens (tertiary/aromatic N) is 2. The summed E-state index contributed by atoms with van der Waals surface area (Å²) in [7, 11) is 0. The van der Waals surface area contributed by atoms with Crippen LogP contribution in [0, 0.1) is 56.7 Å². The Morgan fingerprint density at radius 1 is 0.887 bits per heavy atom. The number of benzene rings is 1. The molecule has 1 amide bonds. The van der Waals surface area contributed by atoms with Crippen molar-refractivity contribution in [2.45, 2.75) is 144 Å². The van der Waals surface area contributed by atoms with E-state index >= 15 is 4.79 Å². The van der Waals surface area contributed by atoms with Gasteiger partial charge in [0.1, 0.15) is 11.9 Å². The largest absolute Gasteiger partial charge is 0.481 e. The predicted molar refractivity (Wildman–Crippen MR) is 204 cm³/mol. The summed E-state index contributed by atoms with van der Waals surface area (Å²) in [6.45, 7) is 14.1. The average Bonchev–Trinajstić information content (AvgIpc) is 3.90. The maximum atomic E-state index is 15.1. The van der Waals surface area contributed by atoms with Gasteiger partial charge >= 0.3 is 11.9 Å². The number of nitrogens with one attached hydrogen (secondary N) is 1. The van der Waals surface area contributed by atoms with Gasteiger partial charge in [-0.3, -0.25) is 14.4 Å². The Hall–Kier alpha value is -3.16. The number of carboxylic acid groups (broad SMARTS) is 1. The van der Waals surface area contributed by atoms with Crippen LogP contribution in [-0.4, -0.2) is 50.5 Å². The van der Waals surface area contributed by atoms with E-state index in [1.165, 1.54) is 25.7 Å². The summed E-state index contributed by atoms with van der Waals surface area (Å²) in [6, 6.07) is 10.4. The number of hydrogen-bond donors (Lipinski definition) is 2.